The molecule has 3 aromatic rings. The number of allylic oxidation sites excluding steroid dienone is 1. The van der Waals surface area contributed by atoms with Crippen molar-refractivity contribution in [3.8, 4) is 11.1 Å². The van der Waals surface area contributed by atoms with Crippen LogP contribution in [0.15, 0.2) is 60.2 Å². The zero-order valence-corrected chi connectivity index (χ0v) is 14.5. The molecule has 5 nitrogen and oxygen atoms in total. The monoisotopic (exact) mass is 335 g/mol. The van der Waals surface area contributed by atoms with E-state index >= 15 is 0 Å². The number of carbonyl (C=O) groups is 1. The van der Waals surface area contributed by atoms with Gasteiger partial charge in [-0.3, -0.25) is 9.59 Å². The van der Waals surface area contributed by atoms with Crippen LogP contribution in [0.4, 0.5) is 0 Å². The summed E-state index contributed by atoms with van der Waals surface area (Å²) in [4.78, 5) is 29.4. The molecule has 0 bridgehead atoms. The van der Waals surface area contributed by atoms with Gasteiger partial charge in [-0.15, -0.1) is 6.58 Å². The lowest BCUT2D eigenvalue weighted by molar-refractivity contribution is 0.0827. The first-order valence-electron chi connectivity index (χ1n) is 8.16. The summed E-state index contributed by atoms with van der Waals surface area (Å²) in [5.74, 6) is -0.0489. The van der Waals surface area contributed by atoms with Gasteiger partial charge < -0.3 is 14.5 Å². The van der Waals surface area contributed by atoms with Crippen molar-refractivity contribution in [2.24, 2.45) is 0 Å². The van der Waals surface area contributed by atoms with E-state index in [1.807, 2.05) is 30.5 Å². The Hall–Kier alpha value is -3.08. The third kappa shape index (κ3) is 3.13. The third-order valence-corrected chi connectivity index (χ3v) is 4.20. The largest absolute Gasteiger partial charge is 0.357 e. The Bertz CT molecular complexity index is 996. The van der Waals surface area contributed by atoms with E-state index in [1.165, 1.54) is 0 Å². The molecule has 2 heterocycles. The highest BCUT2D eigenvalue weighted by Gasteiger charge is 2.14. The van der Waals surface area contributed by atoms with Crippen LogP contribution < -0.4 is 5.56 Å². The number of aromatic nitrogens is 2. The number of aryl methyl sites for hydroxylation is 1. The normalized spacial score (nSPS) is 10.8. The van der Waals surface area contributed by atoms with E-state index in [0.717, 1.165) is 16.5 Å². The maximum Gasteiger partial charge on any atom is 0.274 e. The van der Waals surface area contributed by atoms with Crippen LogP contribution in [0, 0.1) is 0 Å². The molecule has 5 heteroatoms. The van der Waals surface area contributed by atoms with Crippen LogP contribution in [0.3, 0.4) is 0 Å². The number of amides is 1. The first-order chi connectivity index (χ1) is 12.0. The maximum absolute atomic E-state index is 12.6. The number of nitrogens with zero attached hydrogens (tertiary/aromatic N) is 2. The third-order valence-electron chi connectivity index (χ3n) is 4.20. The molecular weight excluding hydrogens is 314 g/mol. The minimum absolute atomic E-state index is 0.0489. The molecule has 0 aliphatic rings. The number of aromatic amines is 1. The Morgan fingerprint density at radius 1 is 1.32 bits per heavy atom. The summed E-state index contributed by atoms with van der Waals surface area (Å²) in [7, 11) is 3.46. The number of hydrogen-bond acceptors (Lipinski definition) is 2. The van der Waals surface area contributed by atoms with Crippen LogP contribution >= 0.6 is 0 Å². The van der Waals surface area contributed by atoms with Crippen molar-refractivity contribution in [3.63, 3.8) is 0 Å². The second-order valence-electron chi connectivity index (χ2n) is 6.17. The Kier molecular flexibility index (Phi) is 4.57. The number of carbonyl (C=O) groups excluding carboxylic acids is 1. The molecule has 0 aliphatic carbocycles. The second-order valence-corrected chi connectivity index (χ2v) is 6.17. The van der Waals surface area contributed by atoms with Crippen molar-refractivity contribution in [2.75, 3.05) is 14.1 Å². The van der Waals surface area contributed by atoms with Crippen molar-refractivity contribution in [3.05, 3.63) is 71.3 Å². The van der Waals surface area contributed by atoms with Crippen LogP contribution in [-0.2, 0) is 6.54 Å². The molecule has 0 radical (unpaired) electrons. The quantitative estimate of drug-likeness (QED) is 0.728. The van der Waals surface area contributed by atoms with Crippen molar-refractivity contribution >= 4 is 16.8 Å². The Morgan fingerprint density at radius 2 is 2.12 bits per heavy atom. The molecule has 0 saturated heterocycles. The van der Waals surface area contributed by atoms with Crippen molar-refractivity contribution in [1.29, 1.82) is 0 Å². The Morgan fingerprint density at radius 3 is 2.84 bits per heavy atom. The van der Waals surface area contributed by atoms with Gasteiger partial charge in [-0.05, 0) is 30.2 Å². The van der Waals surface area contributed by atoms with E-state index in [1.54, 1.807) is 41.9 Å². The van der Waals surface area contributed by atoms with Gasteiger partial charge in [-0.1, -0.05) is 18.2 Å². The average molecular weight is 335 g/mol. The molecule has 25 heavy (non-hydrogen) atoms. The summed E-state index contributed by atoms with van der Waals surface area (Å²) < 4.78 is 1.69. The predicted octanol–water partition coefficient (Wildman–Crippen LogP) is 3.27. The summed E-state index contributed by atoms with van der Waals surface area (Å²) in [5, 5.41) is 0.856. The fourth-order valence-electron chi connectivity index (χ4n) is 2.90. The molecule has 0 atom stereocenters. The van der Waals surface area contributed by atoms with Gasteiger partial charge in [0, 0.05) is 49.5 Å². The smallest absolute Gasteiger partial charge is 0.274 e. The highest BCUT2D eigenvalue weighted by Crippen LogP contribution is 2.27. The first kappa shape index (κ1) is 16.8. The molecule has 0 unspecified atom stereocenters. The van der Waals surface area contributed by atoms with Crippen molar-refractivity contribution < 1.29 is 4.79 Å². The summed E-state index contributed by atoms with van der Waals surface area (Å²) in [5.41, 5.74) is 2.98. The second kappa shape index (κ2) is 6.81. The number of H-pyrrole nitrogens is 1. The molecule has 1 N–H and O–H groups in total. The van der Waals surface area contributed by atoms with Gasteiger partial charge in [-0.25, -0.2) is 0 Å². The van der Waals surface area contributed by atoms with Crippen molar-refractivity contribution in [2.45, 2.75) is 13.0 Å². The highest BCUT2D eigenvalue weighted by molar-refractivity contribution is 5.98. The standard InChI is InChI=1S/C20H21N3O2/c1-4-5-11-23-13-17(16-9-10-21-18(16)20(23)25)14-7-6-8-15(12-14)19(24)22(2)3/h4,6-10,12-13,21H,1,5,11H2,2-3H3. The Balaban J connectivity index is 2.18. The molecule has 3 rings (SSSR count). The Labute approximate surface area is 146 Å². The zero-order chi connectivity index (χ0) is 18.0. The molecule has 0 spiro atoms. The van der Waals surface area contributed by atoms with E-state index in [2.05, 4.69) is 11.6 Å². The van der Waals surface area contributed by atoms with Gasteiger partial charge in [0.2, 0.25) is 0 Å². The van der Waals surface area contributed by atoms with Crippen LogP contribution in [-0.4, -0.2) is 34.5 Å². The first-order valence-corrected chi connectivity index (χ1v) is 8.16. The van der Waals surface area contributed by atoms with Gasteiger partial charge >= 0.3 is 0 Å². The number of fused-ring (bicyclic) bond motifs is 1. The minimum Gasteiger partial charge on any atom is -0.357 e. The molecular formula is C20H21N3O2. The van der Waals surface area contributed by atoms with Gasteiger partial charge in [0.05, 0.1) is 0 Å². The summed E-state index contributed by atoms with van der Waals surface area (Å²) in [6.45, 7) is 4.29. The summed E-state index contributed by atoms with van der Waals surface area (Å²) in [6, 6.07) is 9.38. The number of rotatable bonds is 5. The minimum atomic E-state index is -0.0499. The lowest BCUT2D eigenvalue weighted by Gasteiger charge is -2.13. The number of benzene rings is 1. The molecule has 128 valence electrons. The van der Waals surface area contributed by atoms with Crippen molar-refractivity contribution in [1.82, 2.24) is 14.5 Å². The lowest BCUT2D eigenvalue weighted by atomic mass is 10.0. The maximum atomic E-state index is 12.6. The summed E-state index contributed by atoms with van der Waals surface area (Å²) in [6.07, 6.45) is 6.13. The van der Waals surface area contributed by atoms with Crippen LogP contribution in [0.2, 0.25) is 0 Å². The van der Waals surface area contributed by atoms with Crippen LogP contribution in [0.1, 0.15) is 16.8 Å². The van der Waals surface area contributed by atoms with Gasteiger partial charge in [0.1, 0.15) is 5.52 Å². The number of hydrogen-bond donors (Lipinski definition) is 1. The van der Waals surface area contributed by atoms with E-state index in [-0.39, 0.29) is 11.5 Å². The van der Waals surface area contributed by atoms with E-state index in [9.17, 15) is 9.59 Å². The molecule has 2 aromatic heterocycles. The molecule has 1 amide bonds. The van der Waals surface area contributed by atoms with Gasteiger partial charge in [0.15, 0.2) is 0 Å². The molecule has 1 aromatic carbocycles. The molecule has 0 fully saturated rings. The van der Waals surface area contributed by atoms with E-state index < -0.39 is 0 Å². The molecule has 0 aliphatic heterocycles. The lowest BCUT2D eigenvalue weighted by Crippen LogP contribution is -2.21. The van der Waals surface area contributed by atoms with E-state index in [0.29, 0.717) is 24.0 Å². The van der Waals surface area contributed by atoms with Crippen LogP contribution in [0.5, 0.6) is 0 Å². The number of nitrogens with one attached hydrogen (secondary N) is 1. The topological polar surface area (TPSA) is 58.1 Å². The summed E-state index contributed by atoms with van der Waals surface area (Å²) >= 11 is 0. The fraction of sp³-hybridized carbons (Fsp3) is 0.200. The predicted molar refractivity (Wildman–Crippen MR) is 101 cm³/mol. The van der Waals surface area contributed by atoms with E-state index in [4.69, 9.17) is 0 Å². The number of pyridine rings is 1. The SMILES string of the molecule is C=CCCn1cc(-c2cccc(C(=O)N(C)C)c2)c2cc[nH]c2c1=O. The highest BCUT2D eigenvalue weighted by atomic mass is 16.2. The zero-order valence-electron chi connectivity index (χ0n) is 14.5. The van der Waals surface area contributed by atoms with Gasteiger partial charge in [-0.2, -0.15) is 0 Å². The average Bonchev–Trinajstić information content (AvgIpc) is 3.11. The van der Waals surface area contributed by atoms with Gasteiger partial charge in [0.25, 0.3) is 11.5 Å². The van der Waals surface area contributed by atoms with Crippen LogP contribution in [0.25, 0.3) is 22.0 Å². The molecule has 0 saturated carbocycles. The fourth-order valence-corrected chi connectivity index (χ4v) is 2.90.